The molecule has 0 spiro atoms. The van der Waals surface area contributed by atoms with Gasteiger partial charge in [-0.05, 0) is 56.0 Å². The van der Waals surface area contributed by atoms with E-state index in [1.54, 1.807) is 17.0 Å². The molecule has 9 heteroatoms. The molecule has 2 aromatic carbocycles. The molecule has 2 aromatic rings. The van der Waals surface area contributed by atoms with E-state index in [1.807, 2.05) is 30.3 Å². The number of hydrogen-bond donors (Lipinski definition) is 2. The van der Waals surface area contributed by atoms with Gasteiger partial charge in [0.15, 0.2) is 0 Å². The van der Waals surface area contributed by atoms with Crippen molar-refractivity contribution in [1.82, 2.24) is 9.62 Å². The van der Waals surface area contributed by atoms with Crippen molar-refractivity contribution in [3.63, 3.8) is 0 Å². The van der Waals surface area contributed by atoms with Gasteiger partial charge in [0.1, 0.15) is 0 Å². The van der Waals surface area contributed by atoms with Crippen LogP contribution in [0.25, 0.3) is 0 Å². The quantitative estimate of drug-likeness (QED) is 0.646. The Kier molecular flexibility index (Phi) is 7.42. The molecule has 0 aliphatic carbocycles. The number of benzene rings is 2. The number of hydrogen-bond acceptors (Lipinski definition) is 5. The largest absolute Gasteiger partial charge is 0.377 e. The monoisotopic (exact) mass is 471 g/mol. The van der Waals surface area contributed by atoms with Crippen molar-refractivity contribution in [1.29, 1.82) is 0 Å². The number of carbonyl (C=O) groups is 2. The molecule has 2 saturated heterocycles. The number of para-hydroxylation sites is 1. The van der Waals surface area contributed by atoms with E-state index in [0.717, 1.165) is 18.5 Å². The van der Waals surface area contributed by atoms with Gasteiger partial charge in [-0.15, -0.1) is 0 Å². The average Bonchev–Trinajstić information content (AvgIpc) is 3.37. The summed E-state index contributed by atoms with van der Waals surface area (Å²) in [6, 6.07) is 15.3. The van der Waals surface area contributed by atoms with Crippen LogP contribution in [-0.4, -0.2) is 57.5 Å². The lowest BCUT2D eigenvalue weighted by atomic mass is 9.96. The molecular formula is C24H29N3O5S. The highest BCUT2D eigenvalue weighted by Crippen LogP contribution is 2.22. The first-order valence-corrected chi connectivity index (χ1v) is 12.8. The molecule has 2 atom stereocenters. The van der Waals surface area contributed by atoms with Gasteiger partial charge in [-0.25, -0.2) is 13.1 Å². The molecule has 0 saturated carbocycles. The number of ether oxygens (including phenoxy) is 1. The Hall–Kier alpha value is -2.75. The minimum absolute atomic E-state index is 0.0433. The predicted octanol–water partition coefficient (Wildman–Crippen LogP) is 2.63. The maximum absolute atomic E-state index is 13.1. The summed E-state index contributed by atoms with van der Waals surface area (Å²) in [5, 5.41) is 2.90. The number of piperidine rings is 1. The molecule has 0 bridgehead atoms. The lowest BCUT2D eigenvalue weighted by molar-refractivity contribution is -0.121. The third-order valence-corrected chi connectivity index (χ3v) is 7.46. The van der Waals surface area contributed by atoms with Gasteiger partial charge in [0.2, 0.25) is 15.9 Å². The van der Waals surface area contributed by atoms with Crippen LogP contribution in [0.4, 0.5) is 5.69 Å². The molecule has 33 heavy (non-hydrogen) atoms. The van der Waals surface area contributed by atoms with Gasteiger partial charge < -0.3 is 15.0 Å². The normalized spacial score (nSPS) is 21.0. The lowest BCUT2D eigenvalue weighted by Crippen LogP contribution is -2.43. The van der Waals surface area contributed by atoms with Gasteiger partial charge in [0.25, 0.3) is 5.91 Å². The standard InChI is InChI=1S/C24H29N3O5S/c28-23(26-20-9-2-1-3-10-20)19-8-5-13-27(17-19)24(29)18-7-4-12-22(15-18)33(30,31)25-16-21-11-6-14-32-21/h1-4,7,9-10,12,15,19,21,25H,5-6,8,11,13-14,16-17H2,(H,26,28). The van der Waals surface area contributed by atoms with E-state index in [4.69, 9.17) is 4.74 Å². The van der Waals surface area contributed by atoms with Crippen LogP contribution in [0.15, 0.2) is 59.5 Å². The highest BCUT2D eigenvalue weighted by atomic mass is 32.2. The summed E-state index contributed by atoms with van der Waals surface area (Å²) in [6.45, 7) is 1.69. The molecule has 0 aromatic heterocycles. The summed E-state index contributed by atoms with van der Waals surface area (Å²) < 4.78 is 33.5. The van der Waals surface area contributed by atoms with Crippen LogP contribution in [0.3, 0.4) is 0 Å². The van der Waals surface area contributed by atoms with Crippen LogP contribution >= 0.6 is 0 Å². The van der Waals surface area contributed by atoms with Gasteiger partial charge in [-0.2, -0.15) is 0 Å². The molecule has 2 unspecified atom stereocenters. The van der Waals surface area contributed by atoms with Gasteiger partial charge in [0, 0.05) is 37.5 Å². The number of anilines is 1. The molecule has 176 valence electrons. The van der Waals surface area contributed by atoms with Crippen LogP contribution < -0.4 is 10.0 Å². The summed E-state index contributed by atoms with van der Waals surface area (Å²) in [5.41, 5.74) is 1.01. The first kappa shape index (κ1) is 23.4. The van der Waals surface area contributed by atoms with Crippen molar-refractivity contribution in [3.05, 3.63) is 60.2 Å². The first-order valence-electron chi connectivity index (χ1n) is 11.3. The SMILES string of the molecule is O=C(Nc1ccccc1)C1CCCN(C(=O)c2cccc(S(=O)(=O)NCC3CCCO3)c2)C1. The van der Waals surface area contributed by atoms with Crippen LogP contribution in [0, 0.1) is 5.92 Å². The fourth-order valence-electron chi connectivity index (χ4n) is 4.21. The number of carbonyl (C=O) groups excluding carboxylic acids is 2. The Morgan fingerprint density at radius 3 is 2.61 bits per heavy atom. The highest BCUT2D eigenvalue weighted by molar-refractivity contribution is 7.89. The summed E-state index contributed by atoms with van der Waals surface area (Å²) >= 11 is 0. The van der Waals surface area contributed by atoms with Gasteiger partial charge in [0.05, 0.1) is 16.9 Å². The van der Waals surface area contributed by atoms with Crippen LogP contribution in [0.2, 0.25) is 0 Å². The molecule has 2 aliphatic rings. The fraction of sp³-hybridized carbons (Fsp3) is 0.417. The zero-order chi connectivity index (χ0) is 23.3. The molecule has 2 N–H and O–H groups in total. The van der Waals surface area contributed by atoms with E-state index in [-0.39, 0.29) is 35.3 Å². The number of nitrogens with zero attached hydrogens (tertiary/aromatic N) is 1. The second-order valence-electron chi connectivity index (χ2n) is 8.46. The van der Waals surface area contributed by atoms with E-state index in [0.29, 0.717) is 38.1 Å². The topological polar surface area (TPSA) is 105 Å². The second kappa shape index (κ2) is 10.5. The smallest absolute Gasteiger partial charge is 0.253 e. The third-order valence-electron chi connectivity index (χ3n) is 6.04. The fourth-order valence-corrected chi connectivity index (χ4v) is 5.32. The van der Waals surface area contributed by atoms with E-state index in [9.17, 15) is 18.0 Å². The number of nitrogens with one attached hydrogen (secondary N) is 2. The van der Waals surface area contributed by atoms with Gasteiger partial charge in [-0.1, -0.05) is 24.3 Å². The molecule has 2 heterocycles. The summed E-state index contributed by atoms with van der Waals surface area (Å²) in [6.07, 6.45) is 3.05. The van der Waals surface area contributed by atoms with Crippen molar-refractivity contribution < 1.29 is 22.7 Å². The second-order valence-corrected chi connectivity index (χ2v) is 10.2. The minimum Gasteiger partial charge on any atom is -0.377 e. The van der Waals surface area contributed by atoms with Crippen molar-refractivity contribution in [2.24, 2.45) is 5.92 Å². The lowest BCUT2D eigenvalue weighted by Gasteiger charge is -2.32. The van der Waals surface area contributed by atoms with E-state index < -0.39 is 10.0 Å². The number of likely N-dealkylation sites (tertiary alicyclic amines) is 1. The van der Waals surface area contributed by atoms with Crippen molar-refractivity contribution in [2.45, 2.75) is 36.7 Å². The van der Waals surface area contributed by atoms with Crippen molar-refractivity contribution in [3.8, 4) is 0 Å². The van der Waals surface area contributed by atoms with E-state index in [2.05, 4.69) is 10.0 Å². The summed E-state index contributed by atoms with van der Waals surface area (Å²) in [7, 11) is -3.76. The predicted molar refractivity (Wildman–Crippen MR) is 124 cm³/mol. The van der Waals surface area contributed by atoms with Crippen molar-refractivity contribution >= 4 is 27.5 Å². The van der Waals surface area contributed by atoms with Gasteiger partial charge >= 0.3 is 0 Å². The van der Waals surface area contributed by atoms with Crippen LogP contribution in [0.5, 0.6) is 0 Å². The molecular weight excluding hydrogens is 442 g/mol. The Morgan fingerprint density at radius 2 is 1.85 bits per heavy atom. The van der Waals surface area contributed by atoms with Crippen molar-refractivity contribution in [2.75, 3.05) is 31.6 Å². The average molecular weight is 472 g/mol. The molecule has 8 nitrogen and oxygen atoms in total. The third kappa shape index (κ3) is 5.98. The maximum Gasteiger partial charge on any atom is 0.253 e. The Morgan fingerprint density at radius 1 is 1.03 bits per heavy atom. The first-order chi connectivity index (χ1) is 15.9. The Bertz CT molecular complexity index is 1080. The Balaban J connectivity index is 1.40. The van der Waals surface area contributed by atoms with Gasteiger partial charge in [-0.3, -0.25) is 9.59 Å². The zero-order valence-corrected chi connectivity index (χ0v) is 19.2. The van der Waals surface area contributed by atoms with E-state index in [1.165, 1.54) is 12.1 Å². The molecule has 0 radical (unpaired) electrons. The molecule has 2 aliphatic heterocycles. The number of amides is 2. The Labute approximate surface area is 194 Å². The molecule has 4 rings (SSSR count). The zero-order valence-electron chi connectivity index (χ0n) is 18.4. The minimum atomic E-state index is -3.76. The summed E-state index contributed by atoms with van der Waals surface area (Å²) in [4.78, 5) is 27.5. The maximum atomic E-state index is 13.1. The summed E-state index contributed by atoms with van der Waals surface area (Å²) in [5.74, 6) is -0.709. The van der Waals surface area contributed by atoms with Crippen LogP contribution in [-0.2, 0) is 19.6 Å². The van der Waals surface area contributed by atoms with E-state index >= 15 is 0 Å². The molecule has 2 amide bonds. The number of rotatable bonds is 7. The van der Waals surface area contributed by atoms with Crippen LogP contribution in [0.1, 0.15) is 36.0 Å². The molecule has 2 fully saturated rings. The number of sulfonamides is 1. The highest BCUT2D eigenvalue weighted by Gasteiger charge is 2.29.